The van der Waals surface area contributed by atoms with E-state index in [4.69, 9.17) is 4.74 Å². The van der Waals surface area contributed by atoms with E-state index >= 15 is 0 Å². The number of ether oxygens (including phenoxy) is 1. The molecule has 2 heteroatoms. The van der Waals surface area contributed by atoms with Gasteiger partial charge in [-0.1, -0.05) is 34.1 Å². The number of rotatable bonds is 7. The summed E-state index contributed by atoms with van der Waals surface area (Å²) in [6, 6.07) is 0. The third-order valence-corrected chi connectivity index (χ3v) is 2.77. The first kappa shape index (κ1) is 14.5. The van der Waals surface area contributed by atoms with Crippen LogP contribution >= 0.6 is 0 Å². The molecule has 0 aliphatic rings. The Morgan fingerprint density at radius 3 is 2.20 bits per heavy atom. The van der Waals surface area contributed by atoms with Crippen LogP contribution in [0.4, 0.5) is 0 Å². The summed E-state index contributed by atoms with van der Waals surface area (Å²) in [6.45, 7) is 10.6. The molecular weight excluding hydrogens is 188 g/mol. The van der Waals surface area contributed by atoms with Crippen molar-refractivity contribution in [2.24, 2.45) is 11.8 Å². The molecule has 2 unspecified atom stereocenters. The molecule has 0 aliphatic carbocycles. The second-order valence-corrected chi connectivity index (χ2v) is 4.89. The zero-order valence-electron chi connectivity index (χ0n) is 10.9. The number of hydrogen-bond acceptors (Lipinski definition) is 2. The van der Waals surface area contributed by atoms with Crippen LogP contribution in [0.2, 0.25) is 0 Å². The smallest absolute Gasteiger partial charge is 0.306 e. The first-order valence-corrected chi connectivity index (χ1v) is 6.16. The molecule has 0 aliphatic heterocycles. The van der Waals surface area contributed by atoms with Crippen LogP contribution < -0.4 is 0 Å². The van der Waals surface area contributed by atoms with E-state index in [2.05, 4.69) is 20.8 Å². The van der Waals surface area contributed by atoms with Gasteiger partial charge >= 0.3 is 5.97 Å². The standard InChI is InChI=1S/C13H26O2/c1-6-7-13(14)15-12(5)11(4)9-8-10(2)3/h10-12H,6-9H2,1-5H3. The van der Waals surface area contributed by atoms with Gasteiger partial charge in [-0.05, 0) is 31.6 Å². The minimum absolute atomic E-state index is 0.0543. The van der Waals surface area contributed by atoms with E-state index in [1.165, 1.54) is 6.42 Å². The van der Waals surface area contributed by atoms with Crippen LogP contribution in [0.3, 0.4) is 0 Å². The Bertz CT molecular complexity index is 175. The van der Waals surface area contributed by atoms with E-state index in [0.717, 1.165) is 18.8 Å². The SMILES string of the molecule is CCCC(=O)OC(C)C(C)CCC(C)C. The largest absolute Gasteiger partial charge is 0.462 e. The Hall–Kier alpha value is -0.530. The van der Waals surface area contributed by atoms with E-state index in [-0.39, 0.29) is 12.1 Å². The van der Waals surface area contributed by atoms with Gasteiger partial charge in [-0.25, -0.2) is 0 Å². The normalized spacial score (nSPS) is 15.1. The highest BCUT2D eigenvalue weighted by molar-refractivity contribution is 5.69. The molecule has 90 valence electrons. The van der Waals surface area contributed by atoms with Crippen molar-refractivity contribution in [3.63, 3.8) is 0 Å². The van der Waals surface area contributed by atoms with Gasteiger partial charge in [0.05, 0.1) is 0 Å². The summed E-state index contributed by atoms with van der Waals surface area (Å²) in [4.78, 5) is 11.3. The van der Waals surface area contributed by atoms with Crippen LogP contribution in [0.25, 0.3) is 0 Å². The Labute approximate surface area is 94.4 Å². The van der Waals surface area contributed by atoms with E-state index < -0.39 is 0 Å². The summed E-state index contributed by atoms with van der Waals surface area (Å²) in [5, 5.41) is 0. The third kappa shape index (κ3) is 7.40. The van der Waals surface area contributed by atoms with Crippen LogP contribution in [-0.2, 0) is 9.53 Å². The van der Waals surface area contributed by atoms with Crippen LogP contribution in [-0.4, -0.2) is 12.1 Å². The van der Waals surface area contributed by atoms with Crippen LogP contribution in [0.1, 0.15) is 60.3 Å². The maximum atomic E-state index is 11.3. The number of esters is 1. The average Bonchev–Trinajstić information content (AvgIpc) is 2.14. The molecule has 0 spiro atoms. The molecule has 0 rings (SSSR count). The molecule has 0 saturated heterocycles. The highest BCUT2D eigenvalue weighted by atomic mass is 16.5. The van der Waals surface area contributed by atoms with Crippen LogP contribution in [0.15, 0.2) is 0 Å². The van der Waals surface area contributed by atoms with Gasteiger partial charge in [-0.2, -0.15) is 0 Å². The van der Waals surface area contributed by atoms with Crippen molar-refractivity contribution in [1.82, 2.24) is 0 Å². The van der Waals surface area contributed by atoms with Crippen molar-refractivity contribution in [3.8, 4) is 0 Å². The first-order chi connectivity index (χ1) is 6.97. The van der Waals surface area contributed by atoms with Gasteiger partial charge in [0.1, 0.15) is 6.10 Å². The van der Waals surface area contributed by atoms with Gasteiger partial charge in [0, 0.05) is 6.42 Å². The monoisotopic (exact) mass is 214 g/mol. The fourth-order valence-electron chi connectivity index (χ4n) is 1.42. The van der Waals surface area contributed by atoms with Crippen molar-refractivity contribution < 1.29 is 9.53 Å². The average molecular weight is 214 g/mol. The van der Waals surface area contributed by atoms with E-state index in [9.17, 15) is 4.79 Å². The Balaban J connectivity index is 3.77. The number of carbonyl (C=O) groups excluding carboxylic acids is 1. The molecule has 0 fully saturated rings. The quantitative estimate of drug-likeness (QED) is 0.603. The molecule has 2 atom stereocenters. The summed E-state index contributed by atoms with van der Waals surface area (Å²) in [6.07, 6.45) is 3.81. The molecule has 0 bridgehead atoms. The lowest BCUT2D eigenvalue weighted by Crippen LogP contribution is -2.22. The highest BCUT2D eigenvalue weighted by Crippen LogP contribution is 2.17. The molecule has 0 N–H and O–H groups in total. The van der Waals surface area contributed by atoms with Crippen molar-refractivity contribution in [2.75, 3.05) is 0 Å². The van der Waals surface area contributed by atoms with Gasteiger partial charge in [0.25, 0.3) is 0 Å². The summed E-state index contributed by atoms with van der Waals surface area (Å²) in [5.41, 5.74) is 0. The molecule has 0 saturated carbocycles. The summed E-state index contributed by atoms with van der Waals surface area (Å²) >= 11 is 0. The Kier molecular flexibility index (Phi) is 7.45. The predicted molar refractivity (Wildman–Crippen MR) is 63.7 cm³/mol. The maximum Gasteiger partial charge on any atom is 0.306 e. The molecule has 0 aromatic heterocycles. The van der Waals surface area contributed by atoms with Crippen molar-refractivity contribution in [1.29, 1.82) is 0 Å². The van der Waals surface area contributed by atoms with E-state index in [1.54, 1.807) is 0 Å². The zero-order valence-corrected chi connectivity index (χ0v) is 10.9. The van der Waals surface area contributed by atoms with Crippen LogP contribution in [0, 0.1) is 11.8 Å². The molecule has 0 radical (unpaired) electrons. The molecule has 15 heavy (non-hydrogen) atoms. The topological polar surface area (TPSA) is 26.3 Å². The maximum absolute atomic E-state index is 11.3. The fraction of sp³-hybridized carbons (Fsp3) is 0.923. The van der Waals surface area contributed by atoms with Crippen molar-refractivity contribution in [2.45, 2.75) is 66.4 Å². The second kappa shape index (κ2) is 7.72. The zero-order chi connectivity index (χ0) is 11.8. The Morgan fingerprint density at radius 2 is 1.73 bits per heavy atom. The van der Waals surface area contributed by atoms with Gasteiger partial charge in [0.15, 0.2) is 0 Å². The van der Waals surface area contributed by atoms with Gasteiger partial charge in [-0.3, -0.25) is 4.79 Å². The third-order valence-electron chi connectivity index (χ3n) is 2.77. The first-order valence-electron chi connectivity index (χ1n) is 6.16. The lowest BCUT2D eigenvalue weighted by molar-refractivity contribution is -0.150. The summed E-state index contributed by atoms with van der Waals surface area (Å²) < 4.78 is 5.35. The van der Waals surface area contributed by atoms with E-state index in [1.807, 2.05) is 13.8 Å². The number of carbonyl (C=O) groups is 1. The predicted octanol–water partition coefficient (Wildman–Crippen LogP) is 3.79. The lowest BCUT2D eigenvalue weighted by atomic mass is 9.95. The van der Waals surface area contributed by atoms with Gasteiger partial charge in [-0.15, -0.1) is 0 Å². The second-order valence-electron chi connectivity index (χ2n) is 4.89. The van der Waals surface area contributed by atoms with Crippen molar-refractivity contribution in [3.05, 3.63) is 0 Å². The van der Waals surface area contributed by atoms with Gasteiger partial charge < -0.3 is 4.74 Å². The molecule has 2 nitrogen and oxygen atoms in total. The lowest BCUT2D eigenvalue weighted by Gasteiger charge is -2.21. The fourth-order valence-corrected chi connectivity index (χ4v) is 1.42. The minimum Gasteiger partial charge on any atom is -0.462 e. The van der Waals surface area contributed by atoms with Crippen molar-refractivity contribution >= 4 is 5.97 Å². The summed E-state index contributed by atoms with van der Waals surface area (Å²) in [7, 11) is 0. The molecule has 0 heterocycles. The highest BCUT2D eigenvalue weighted by Gasteiger charge is 2.16. The van der Waals surface area contributed by atoms with Gasteiger partial charge in [0.2, 0.25) is 0 Å². The molecule has 0 aromatic carbocycles. The number of hydrogen-bond donors (Lipinski definition) is 0. The van der Waals surface area contributed by atoms with E-state index in [0.29, 0.717) is 12.3 Å². The Morgan fingerprint density at radius 1 is 1.13 bits per heavy atom. The van der Waals surface area contributed by atoms with Crippen LogP contribution in [0.5, 0.6) is 0 Å². The molecular formula is C13H26O2. The minimum atomic E-state index is -0.0543. The molecule has 0 amide bonds. The molecule has 0 aromatic rings. The summed E-state index contributed by atoms with van der Waals surface area (Å²) in [5.74, 6) is 1.14.